The number of sulfonamides is 1. The lowest BCUT2D eigenvalue weighted by atomic mass is 10.1. The number of nitro groups is 1. The fourth-order valence-corrected chi connectivity index (χ4v) is 4.81. The van der Waals surface area contributed by atoms with Crippen LogP contribution in [0.25, 0.3) is 0 Å². The zero-order valence-electron chi connectivity index (χ0n) is 20.0. The second-order valence-electron chi connectivity index (χ2n) is 7.39. The van der Waals surface area contributed by atoms with Crippen molar-refractivity contribution < 1.29 is 37.1 Å². The Balaban J connectivity index is 2.05. The molecule has 0 atom stereocenters. The fourth-order valence-electron chi connectivity index (χ4n) is 3.38. The molecule has 0 aliphatic rings. The SMILES string of the molecule is COC(=O)c1cc(OC)c(OC)cc1NC(=O)CN(c1cccc([N+](=O)[O-])c1)S(=O)(=O)c1ccccc1. The summed E-state index contributed by atoms with van der Waals surface area (Å²) in [5.41, 5.74) is -0.556. The number of nitrogens with zero attached hydrogens (tertiary/aromatic N) is 2. The molecule has 0 aliphatic heterocycles. The molecule has 1 amide bonds. The number of rotatable bonds is 10. The number of amides is 1. The molecule has 0 bridgehead atoms. The number of carbonyl (C=O) groups is 2. The summed E-state index contributed by atoms with van der Waals surface area (Å²) >= 11 is 0. The van der Waals surface area contributed by atoms with Crippen LogP contribution in [0.5, 0.6) is 11.5 Å². The molecule has 0 fully saturated rings. The van der Waals surface area contributed by atoms with Crippen LogP contribution >= 0.6 is 0 Å². The molecule has 0 unspecified atom stereocenters. The second kappa shape index (κ2) is 11.4. The van der Waals surface area contributed by atoms with Crippen LogP contribution in [0.3, 0.4) is 0 Å². The van der Waals surface area contributed by atoms with E-state index in [4.69, 9.17) is 14.2 Å². The van der Waals surface area contributed by atoms with Gasteiger partial charge in [-0.3, -0.25) is 19.2 Å². The molecular formula is C24H23N3O9S. The lowest BCUT2D eigenvalue weighted by Gasteiger charge is -2.24. The molecule has 0 spiro atoms. The van der Waals surface area contributed by atoms with Crippen LogP contribution in [0.1, 0.15) is 10.4 Å². The lowest BCUT2D eigenvalue weighted by Crippen LogP contribution is -2.38. The molecule has 0 aromatic heterocycles. The van der Waals surface area contributed by atoms with Gasteiger partial charge in [0.1, 0.15) is 6.54 Å². The average Bonchev–Trinajstić information content (AvgIpc) is 2.91. The predicted molar refractivity (Wildman–Crippen MR) is 134 cm³/mol. The van der Waals surface area contributed by atoms with Crippen LogP contribution in [-0.2, 0) is 19.6 Å². The van der Waals surface area contributed by atoms with Gasteiger partial charge in [0.15, 0.2) is 11.5 Å². The summed E-state index contributed by atoms with van der Waals surface area (Å²) in [7, 11) is -0.449. The summed E-state index contributed by atoms with van der Waals surface area (Å²) in [4.78, 5) is 36.0. The van der Waals surface area contributed by atoms with Crippen molar-refractivity contribution in [3.8, 4) is 11.5 Å². The Hall–Kier alpha value is -4.65. The van der Waals surface area contributed by atoms with Crippen molar-refractivity contribution in [1.82, 2.24) is 0 Å². The molecule has 194 valence electrons. The van der Waals surface area contributed by atoms with Crippen molar-refractivity contribution in [1.29, 1.82) is 0 Å². The van der Waals surface area contributed by atoms with Gasteiger partial charge in [0.2, 0.25) is 5.91 Å². The molecule has 37 heavy (non-hydrogen) atoms. The zero-order valence-corrected chi connectivity index (χ0v) is 20.9. The van der Waals surface area contributed by atoms with Crippen molar-refractivity contribution in [2.75, 3.05) is 37.5 Å². The predicted octanol–water partition coefficient (Wildman–Crippen LogP) is 3.23. The highest BCUT2D eigenvalue weighted by atomic mass is 32.2. The summed E-state index contributed by atoms with van der Waals surface area (Å²) in [6.07, 6.45) is 0. The third-order valence-corrected chi connectivity index (χ3v) is 6.94. The van der Waals surface area contributed by atoms with E-state index in [1.807, 2.05) is 0 Å². The quantitative estimate of drug-likeness (QED) is 0.237. The van der Waals surface area contributed by atoms with E-state index >= 15 is 0 Å². The van der Waals surface area contributed by atoms with Gasteiger partial charge in [-0.1, -0.05) is 24.3 Å². The largest absolute Gasteiger partial charge is 0.493 e. The van der Waals surface area contributed by atoms with Gasteiger partial charge in [0.25, 0.3) is 15.7 Å². The Morgan fingerprint density at radius 2 is 1.59 bits per heavy atom. The molecule has 0 saturated carbocycles. The van der Waals surface area contributed by atoms with E-state index in [0.717, 1.165) is 17.5 Å². The van der Waals surface area contributed by atoms with E-state index in [1.54, 1.807) is 6.07 Å². The van der Waals surface area contributed by atoms with Crippen LogP contribution in [0.2, 0.25) is 0 Å². The van der Waals surface area contributed by atoms with Crippen LogP contribution in [0.15, 0.2) is 71.6 Å². The molecular weight excluding hydrogens is 506 g/mol. The highest BCUT2D eigenvalue weighted by Gasteiger charge is 2.29. The summed E-state index contributed by atoms with van der Waals surface area (Å²) in [5, 5.41) is 13.8. The minimum absolute atomic E-state index is 0.0226. The normalized spacial score (nSPS) is 10.8. The summed E-state index contributed by atoms with van der Waals surface area (Å²) < 4.78 is 42.9. The molecule has 12 nitrogen and oxygen atoms in total. The zero-order chi connectivity index (χ0) is 27.2. The molecule has 1 N–H and O–H groups in total. The van der Waals surface area contributed by atoms with E-state index in [-0.39, 0.29) is 39.0 Å². The van der Waals surface area contributed by atoms with Gasteiger partial charge in [0, 0.05) is 24.3 Å². The van der Waals surface area contributed by atoms with Crippen LogP contribution < -0.4 is 19.1 Å². The molecule has 0 saturated heterocycles. The van der Waals surface area contributed by atoms with Gasteiger partial charge >= 0.3 is 5.97 Å². The van der Waals surface area contributed by atoms with E-state index in [2.05, 4.69) is 5.32 Å². The average molecular weight is 530 g/mol. The first-order chi connectivity index (χ1) is 17.6. The maximum Gasteiger partial charge on any atom is 0.340 e. The molecule has 0 aliphatic carbocycles. The topological polar surface area (TPSA) is 154 Å². The number of carbonyl (C=O) groups excluding carboxylic acids is 2. The van der Waals surface area contributed by atoms with Crippen molar-refractivity contribution >= 4 is 39.0 Å². The third kappa shape index (κ3) is 5.95. The number of hydrogen-bond acceptors (Lipinski definition) is 9. The fraction of sp³-hybridized carbons (Fsp3) is 0.167. The number of anilines is 2. The Morgan fingerprint density at radius 3 is 2.19 bits per heavy atom. The number of nitrogens with one attached hydrogen (secondary N) is 1. The van der Waals surface area contributed by atoms with Gasteiger partial charge in [-0.25, -0.2) is 13.2 Å². The van der Waals surface area contributed by atoms with Crippen molar-refractivity contribution in [2.45, 2.75) is 4.90 Å². The van der Waals surface area contributed by atoms with Crippen molar-refractivity contribution in [3.05, 3.63) is 82.4 Å². The number of esters is 1. The van der Waals surface area contributed by atoms with Crippen LogP contribution in [0.4, 0.5) is 17.1 Å². The van der Waals surface area contributed by atoms with E-state index in [1.165, 1.54) is 68.8 Å². The summed E-state index contributed by atoms with van der Waals surface area (Å²) in [6, 6.07) is 14.8. The number of ether oxygens (including phenoxy) is 3. The number of benzene rings is 3. The van der Waals surface area contributed by atoms with Gasteiger partial charge in [-0.2, -0.15) is 0 Å². The summed E-state index contributed by atoms with van der Waals surface area (Å²) in [5.74, 6) is -1.24. The Kier molecular flexibility index (Phi) is 8.30. The first-order valence-corrected chi connectivity index (χ1v) is 12.0. The molecule has 13 heteroatoms. The van der Waals surface area contributed by atoms with E-state index < -0.39 is 33.4 Å². The van der Waals surface area contributed by atoms with E-state index in [0.29, 0.717) is 0 Å². The van der Waals surface area contributed by atoms with Crippen LogP contribution in [0, 0.1) is 10.1 Å². The molecule has 3 rings (SSSR count). The van der Waals surface area contributed by atoms with Crippen LogP contribution in [-0.4, -0.2) is 53.1 Å². The number of non-ortho nitro benzene ring substituents is 1. The maximum atomic E-state index is 13.5. The van der Waals surface area contributed by atoms with Gasteiger partial charge in [0.05, 0.1) is 48.1 Å². The van der Waals surface area contributed by atoms with E-state index in [9.17, 15) is 28.1 Å². The number of methoxy groups -OCH3 is 3. The second-order valence-corrected chi connectivity index (χ2v) is 9.26. The molecule has 0 heterocycles. The highest BCUT2D eigenvalue weighted by molar-refractivity contribution is 7.92. The maximum absolute atomic E-state index is 13.5. The van der Waals surface area contributed by atoms with Gasteiger partial charge in [-0.15, -0.1) is 0 Å². The monoisotopic (exact) mass is 529 g/mol. The minimum Gasteiger partial charge on any atom is -0.493 e. The number of nitro benzene ring substituents is 1. The third-order valence-electron chi connectivity index (χ3n) is 5.15. The Labute approximate surface area is 212 Å². The Bertz CT molecular complexity index is 1430. The summed E-state index contributed by atoms with van der Waals surface area (Å²) in [6.45, 7) is -0.770. The Morgan fingerprint density at radius 1 is 0.946 bits per heavy atom. The number of hydrogen-bond donors (Lipinski definition) is 1. The first-order valence-electron chi connectivity index (χ1n) is 10.6. The van der Waals surface area contributed by atoms with Crippen molar-refractivity contribution in [3.63, 3.8) is 0 Å². The van der Waals surface area contributed by atoms with Gasteiger partial charge < -0.3 is 19.5 Å². The molecule has 3 aromatic rings. The first kappa shape index (κ1) is 26.9. The smallest absolute Gasteiger partial charge is 0.340 e. The van der Waals surface area contributed by atoms with Gasteiger partial charge in [-0.05, 0) is 18.2 Å². The molecule has 0 radical (unpaired) electrons. The standard InChI is InChI=1S/C24H23N3O9S/c1-34-21-13-19(24(29)36-3)20(14-22(21)35-2)25-23(28)15-26(16-8-7-9-17(12-16)27(30)31)37(32,33)18-10-5-4-6-11-18/h4-14H,15H2,1-3H3,(H,25,28). The molecule has 3 aromatic carbocycles. The minimum atomic E-state index is -4.32. The highest BCUT2D eigenvalue weighted by Crippen LogP contribution is 2.34. The van der Waals surface area contributed by atoms with Crippen molar-refractivity contribution in [2.24, 2.45) is 0 Å². The lowest BCUT2D eigenvalue weighted by molar-refractivity contribution is -0.384.